The van der Waals surface area contributed by atoms with E-state index in [0.29, 0.717) is 22.2 Å². The van der Waals surface area contributed by atoms with Gasteiger partial charge in [0.25, 0.3) is 5.91 Å². The number of fused-ring (bicyclic) bond motifs is 1. The number of carbonyl (C=O) groups excluding carboxylic acids is 1. The van der Waals surface area contributed by atoms with E-state index in [1.54, 1.807) is 6.07 Å². The monoisotopic (exact) mass is 472 g/mol. The van der Waals surface area contributed by atoms with Crippen molar-refractivity contribution in [2.75, 3.05) is 9.80 Å². The molecule has 0 aromatic heterocycles. The van der Waals surface area contributed by atoms with Crippen molar-refractivity contribution in [3.05, 3.63) is 129 Å². The Kier molecular flexibility index (Phi) is 5.84. The van der Waals surface area contributed by atoms with E-state index in [4.69, 9.17) is 23.2 Å². The van der Waals surface area contributed by atoms with Gasteiger partial charge in [0.2, 0.25) is 0 Å². The summed E-state index contributed by atoms with van der Waals surface area (Å²) < 4.78 is 0. The molecule has 1 atom stereocenters. The lowest BCUT2D eigenvalue weighted by atomic mass is 9.99. The summed E-state index contributed by atoms with van der Waals surface area (Å²) in [5, 5.41) is 0.913. The Morgan fingerprint density at radius 2 is 1.48 bits per heavy atom. The molecule has 164 valence electrons. The molecule has 0 spiro atoms. The summed E-state index contributed by atoms with van der Waals surface area (Å²) in [6.07, 6.45) is -0.471. The van der Waals surface area contributed by atoms with E-state index < -0.39 is 6.17 Å². The number of halogens is 2. The van der Waals surface area contributed by atoms with Crippen LogP contribution in [-0.4, -0.2) is 5.91 Å². The molecule has 33 heavy (non-hydrogen) atoms. The number of para-hydroxylation sites is 1. The Labute approximate surface area is 203 Å². The number of nitrogens with zero attached hydrogens (tertiary/aromatic N) is 2. The topological polar surface area (TPSA) is 23.6 Å². The molecule has 4 aromatic rings. The molecule has 0 saturated carbocycles. The van der Waals surface area contributed by atoms with Gasteiger partial charge >= 0.3 is 0 Å². The van der Waals surface area contributed by atoms with Crippen LogP contribution in [0.1, 0.15) is 33.2 Å². The van der Waals surface area contributed by atoms with Crippen LogP contribution in [0.4, 0.5) is 11.4 Å². The Morgan fingerprint density at radius 1 is 0.788 bits per heavy atom. The van der Waals surface area contributed by atoms with Crippen LogP contribution in [0.15, 0.2) is 97.1 Å². The second-order valence-corrected chi connectivity index (χ2v) is 8.94. The average molecular weight is 473 g/mol. The van der Waals surface area contributed by atoms with Gasteiger partial charge in [-0.2, -0.15) is 0 Å². The smallest absolute Gasteiger partial charge is 0.262 e. The fraction of sp³-hybridized carbons (Fsp3) is 0.107. The molecule has 5 rings (SSSR count). The summed E-state index contributed by atoms with van der Waals surface area (Å²) in [5.41, 5.74) is 5.37. The van der Waals surface area contributed by atoms with Crippen LogP contribution in [0.5, 0.6) is 0 Å². The first kappa shape index (κ1) is 21.6. The van der Waals surface area contributed by atoms with E-state index in [0.717, 1.165) is 28.1 Å². The van der Waals surface area contributed by atoms with E-state index in [9.17, 15) is 4.79 Å². The summed E-state index contributed by atoms with van der Waals surface area (Å²) in [4.78, 5) is 18.0. The SMILES string of the molecule is Cc1ccc(N2C(=O)c3ccccc3N(Cc3ccccc3)[C@H]2c2cccc(Cl)c2Cl)cc1. The van der Waals surface area contributed by atoms with Gasteiger partial charge in [-0.1, -0.05) is 95.5 Å². The maximum Gasteiger partial charge on any atom is 0.262 e. The van der Waals surface area contributed by atoms with Crippen LogP contribution < -0.4 is 9.80 Å². The van der Waals surface area contributed by atoms with Crippen LogP contribution in [0.3, 0.4) is 0 Å². The lowest BCUT2D eigenvalue weighted by Crippen LogP contribution is -2.49. The quantitative estimate of drug-likeness (QED) is 0.304. The minimum atomic E-state index is -0.471. The number of hydrogen-bond acceptors (Lipinski definition) is 2. The minimum Gasteiger partial charge on any atom is -0.342 e. The number of rotatable bonds is 4. The molecule has 1 aliphatic rings. The Bertz CT molecular complexity index is 1310. The first-order valence-corrected chi connectivity index (χ1v) is 11.5. The fourth-order valence-electron chi connectivity index (χ4n) is 4.36. The van der Waals surface area contributed by atoms with Gasteiger partial charge in [0.1, 0.15) is 6.17 Å². The van der Waals surface area contributed by atoms with Crippen molar-refractivity contribution in [3.8, 4) is 0 Å². The van der Waals surface area contributed by atoms with Crippen molar-refractivity contribution in [1.29, 1.82) is 0 Å². The molecular formula is C28H22Cl2N2O. The van der Waals surface area contributed by atoms with E-state index in [-0.39, 0.29) is 5.91 Å². The highest BCUT2D eigenvalue weighted by molar-refractivity contribution is 6.42. The number of carbonyl (C=O) groups is 1. The van der Waals surface area contributed by atoms with Crippen molar-refractivity contribution >= 4 is 40.5 Å². The summed E-state index contributed by atoms with van der Waals surface area (Å²) >= 11 is 13.2. The summed E-state index contributed by atoms with van der Waals surface area (Å²) in [7, 11) is 0. The summed E-state index contributed by atoms with van der Waals surface area (Å²) in [6, 6.07) is 31.5. The second-order valence-electron chi connectivity index (χ2n) is 8.16. The van der Waals surface area contributed by atoms with Crippen molar-refractivity contribution in [3.63, 3.8) is 0 Å². The predicted molar refractivity (Wildman–Crippen MR) is 136 cm³/mol. The van der Waals surface area contributed by atoms with E-state index in [2.05, 4.69) is 17.0 Å². The van der Waals surface area contributed by atoms with Crippen molar-refractivity contribution in [2.24, 2.45) is 0 Å². The minimum absolute atomic E-state index is 0.0696. The van der Waals surface area contributed by atoms with Gasteiger partial charge in [0.15, 0.2) is 0 Å². The Hall–Kier alpha value is -3.27. The van der Waals surface area contributed by atoms with Crippen molar-refractivity contribution in [2.45, 2.75) is 19.6 Å². The largest absolute Gasteiger partial charge is 0.342 e. The average Bonchev–Trinajstić information content (AvgIpc) is 2.84. The van der Waals surface area contributed by atoms with Gasteiger partial charge in [-0.15, -0.1) is 0 Å². The van der Waals surface area contributed by atoms with Crippen molar-refractivity contribution in [1.82, 2.24) is 0 Å². The zero-order valence-corrected chi connectivity index (χ0v) is 19.6. The lowest BCUT2D eigenvalue weighted by molar-refractivity contribution is 0.0968. The van der Waals surface area contributed by atoms with Gasteiger partial charge in [0, 0.05) is 17.8 Å². The lowest BCUT2D eigenvalue weighted by Gasteiger charge is -2.46. The van der Waals surface area contributed by atoms with E-state index >= 15 is 0 Å². The van der Waals surface area contributed by atoms with Gasteiger partial charge in [-0.05, 0) is 42.8 Å². The number of benzene rings is 4. The van der Waals surface area contributed by atoms with Crippen LogP contribution in [-0.2, 0) is 6.54 Å². The molecule has 1 amide bonds. The molecule has 0 saturated heterocycles. The number of aryl methyl sites for hydroxylation is 1. The fourth-order valence-corrected chi connectivity index (χ4v) is 4.76. The maximum absolute atomic E-state index is 13.9. The highest BCUT2D eigenvalue weighted by atomic mass is 35.5. The molecule has 4 aromatic carbocycles. The maximum atomic E-state index is 13.9. The van der Waals surface area contributed by atoms with Gasteiger partial charge in [0.05, 0.1) is 21.3 Å². The first-order valence-electron chi connectivity index (χ1n) is 10.8. The van der Waals surface area contributed by atoms with Crippen LogP contribution in [0, 0.1) is 6.92 Å². The first-order chi connectivity index (χ1) is 16.0. The molecule has 0 radical (unpaired) electrons. The zero-order chi connectivity index (χ0) is 22.9. The zero-order valence-electron chi connectivity index (χ0n) is 18.1. The van der Waals surface area contributed by atoms with Gasteiger partial charge < -0.3 is 4.90 Å². The predicted octanol–water partition coefficient (Wildman–Crippen LogP) is 7.67. The Morgan fingerprint density at radius 3 is 2.24 bits per heavy atom. The van der Waals surface area contributed by atoms with Crippen LogP contribution in [0.2, 0.25) is 10.0 Å². The molecule has 0 aliphatic carbocycles. The van der Waals surface area contributed by atoms with Crippen LogP contribution >= 0.6 is 23.2 Å². The summed E-state index contributed by atoms with van der Waals surface area (Å²) in [5.74, 6) is -0.0696. The molecule has 0 bridgehead atoms. The molecular weight excluding hydrogens is 451 g/mol. The summed E-state index contributed by atoms with van der Waals surface area (Å²) in [6.45, 7) is 2.63. The molecule has 1 heterocycles. The van der Waals surface area contributed by atoms with Gasteiger partial charge in [-0.25, -0.2) is 0 Å². The van der Waals surface area contributed by atoms with Crippen LogP contribution in [0.25, 0.3) is 0 Å². The third-order valence-corrected chi connectivity index (χ3v) is 6.80. The number of hydrogen-bond donors (Lipinski definition) is 0. The van der Waals surface area contributed by atoms with Crippen molar-refractivity contribution < 1.29 is 4.79 Å². The number of anilines is 2. The highest BCUT2D eigenvalue weighted by Crippen LogP contribution is 2.45. The second kappa shape index (κ2) is 8.93. The third kappa shape index (κ3) is 3.99. The molecule has 1 aliphatic heterocycles. The molecule has 0 N–H and O–H groups in total. The van der Waals surface area contributed by atoms with E-state index in [1.165, 1.54) is 0 Å². The van der Waals surface area contributed by atoms with E-state index in [1.807, 2.05) is 90.7 Å². The highest BCUT2D eigenvalue weighted by Gasteiger charge is 2.40. The molecule has 5 heteroatoms. The normalized spacial score (nSPS) is 15.5. The molecule has 0 unspecified atom stereocenters. The Balaban J connectivity index is 1.76. The van der Waals surface area contributed by atoms with Gasteiger partial charge in [-0.3, -0.25) is 9.69 Å². The number of amides is 1. The molecule has 0 fully saturated rings. The third-order valence-electron chi connectivity index (χ3n) is 5.97. The standard InChI is InChI=1S/C28H22Cl2N2O/c1-19-14-16-21(17-15-19)32-27(23-11-7-12-24(29)26(23)30)31(18-20-8-3-2-4-9-20)25-13-6-5-10-22(25)28(32)33/h2-17,27H,18H2,1H3/t27-/m1/s1. The molecule has 3 nitrogen and oxygen atoms in total.